The summed E-state index contributed by atoms with van der Waals surface area (Å²) in [7, 11) is 0. The molecule has 0 aliphatic carbocycles. The molecule has 44 heavy (non-hydrogen) atoms. The Labute approximate surface area is 252 Å². The monoisotopic (exact) mass is 565 g/mol. The summed E-state index contributed by atoms with van der Waals surface area (Å²) in [5.74, 6) is 1.89. The number of hydrogen-bond acceptors (Lipinski definition) is 5. The van der Waals surface area contributed by atoms with E-state index in [9.17, 15) is 0 Å². The van der Waals surface area contributed by atoms with Gasteiger partial charge in [-0.1, -0.05) is 91.0 Å². The molecule has 0 spiro atoms. The number of benzene rings is 6. The molecule has 0 unspecified atom stereocenters. The molecule has 3 heterocycles. The van der Waals surface area contributed by atoms with Crippen LogP contribution in [0.3, 0.4) is 0 Å². The standard InChI is InChI=1S/C39H23N3O2/c1-3-9-24(10-4-1)37-40-38(25-11-5-2-6-12-25)42-39(41-37)28-17-20-35-32(22-28)30-18-15-27(23-36(30)44-35)26-16-19-34-31(21-26)29-13-7-8-14-33(29)43-34/h1-23H. The number of hydrogen-bond donors (Lipinski definition) is 0. The van der Waals surface area contributed by atoms with Crippen LogP contribution in [0.2, 0.25) is 0 Å². The van der Waals surface area contributed by atoms with Gasteiger partial charge in [0.1, 0.15) is 22.3 Å². The summed E-state index contributed by atoms with van der Waals surface area (Å²) in [5, 5.41) is 4.28. The Bertz CT molecular complexity index is 2440. The van der Waals surface area contributed by atoms with Crippen molar-refractivity contribution in [3.05, 3.63) is 140 Å². The van der Waals surface area contributed by atoms with Crippen molar-refractivity contribution in [2.75, 3.05) is 0 Å². The van der Waals surface area contributed by atoms with Gasteiger partial charge in [-0.3, -0.25) is 0 Å². The first-order valence-corrected chi connectivity index (χ1v) is 14.5. The van der Waals surface area contributed by atoms with E-state index >= 15 is 0 Å². The average molecular weight is 566 g/mol. The molecule has 3 aromatic heterocycles. The van der Waals surface area contributed by atoms with E-state index in [2.05, 4.69) is 42.5 Å². The first kappa shape index (κ1) is 24.5. The van der Waals surface area contributed by atoms with Crippen LogP contribution in [0, 0.1) is 0 Å². The van der Waals surface area contributed by atoms with E-state index < -0.39 is 0 Å². The quantitative estimate of drug-likeness (QED) is 0.212. The molecule has 0 saturated carbocycles. The van der Waals surface area contributed by atoms with Crippen LogP contribution in [0.15, 0.2) is 148 Å². The molecule has 0 fully saturated rings. The van der Waals surface area contributed by atoms with Crippen molar-refractivity contribution < 1.29 is 8.83 Å². The van der Waals surface area contributed by atoms with Gasteiger partial charge in [0.25, 0.3) is 0 Å². The molecule has 5 heteroatoms. The third kappa shape index (κ3) is 4.06. The summed E-state index contributed by atoms with van der Waals surface area (Å²) in [5.41, 5.74) is 8.41. The lowest BCUT2D eigenvalue weighted by Crippen LogP contribution is -2.00. The van der Waals surface area contributed by atoms with E-state index in [0.717, 1.165) is 71.7 Å². The van der Waals surface area contributed by atoms with Gasteiger partial charge >= 0.3 is 0 Å². The zero-order valence-corrected chi connectivity index (χ0v) is 23.4. The van der Waals surface area contributed by atoms with Gasteiger partial charge < -0.3 is 8.83 Å². The van der Waals surface area contributed by atoms with Gasteiger partial charge in [-0.2, -0.15) is 0 Å². The third-order valence-electron chi connectivity index (χ3n) is 8.14. The van der Waals surface area contributed by atoms with Gasteiger partial charge in [0, 0.05) is 38.2 Å². The number of fused-ring (bicyclic) bond motifs is 6. The number of para-hydroxylation sites is 1. The van der Waals surface area contributed by atoms with Crippen LogP contribution in [-0.2, 0) is 0 Å². The number of furan rings is 2. The molecule has 0 N–H and O–H groups in total. The van der Waals surface area contributed by atoms with Gasteiger partial charge in [-0.25, -0.2) is 15.0 Å². The highest BCUT2D eigenvalue weighted by Gasteiger charge is 2.15. The van der Waals surface area contributed by atoms with Gasteiger partial charge in [0.05, 0.1) is 0 Å². The van der Waals surface area contributed by atoms with Gasteiger partial charge in [0.2, 0.25) is 0 Å². The second kappa shape index (κ2) is 9.75. The lowest BCUT2D eigenvalue weighted by Gasteiger charge is -2.08. The molecule has 0 aliphatic heterocycles. The largest absolute Gasteiger partial charge is 0.456 e. The van der Waals surface area contributed by atoms with Crippen molar-refractivity contribution in [3.8, 4) is 45.3 Å². The summed E-state index contributed by atoms with van der Waals surface area (Å²) < 4.78 is 12.4. The van der Waals surface area contributed by atoms with E-state index in [-0.39, 0.29) is 0 Å². The highest BCUT2D eigenvalue weighted by atomic mass is 16.3. The second-order valence-electron chi connectivity index (χ2n) is 10.9. The molecule has 0 aliphatic rings. The summed E-state index contributed by atoms with van der Waals surface area (Å²) in [6.45, 7) is 0. The van der Waals surface area contributed by atoms with E-state index in [1.165, 1.54) is 0 Å². The zero-order valence-electron chi connectivity index (χ0n) is 23.4. The van der Waals surface area contributed by atoms with Crippen molar-refractivity contribution in [2.24, 2.45) is 0 Å². The number of aromatic nitrogens is 3. The fraction of sp³-hybridized carbons (Fsp3) is 0. The van der Waals surface area contributed by atoms with Crippen LogP contribution in [0.1, 0.15) is 0 Å². The fourth-order valence-electron chi connectivity index (χ4n) is 5.94. The summed E-state index contributed by atoms with van der Waals surface area (Å²) >= 11 is 0. The van der Waals surface area contributed by atoms with E-state index in [1.807, 2.05) is 97.1 Å². The van der Waals surface area contributed by atoms with Crippen LogP contribution < -0.4 is 0 Å². The van der Waals surface area contributed by atoms with Crippen LogP contribution in [-0.4, -0.2) is 15.0 Å². The second-order valence-corrected chi connectivity index (χ2v) is 10.9. The van der Waals surface area contributed by atoms with Gasteiger partial charge in [0.15, 0.2) is 17.5 Å². The highest BCUT2D eigenvalue weighted by Crippen LogP contribution is 2.37. The van der Waals surface area contributed by atoms with Crippen molar-refractivity contribution >= 4 is 43.9 Å². The Hall–Kier alpha value is -6.07. The van der Waals surface area contributed by atoms with Crippen molar-refractivity contribution in [3.63, 3.8) is 0 Å². The predicted octanol–water partition coefficient (Wildman–Crippen LogP) is 10.3. The maximum Gasteiger partial charge on any atom is 0.164 e. The third-order valence-corrected chi connectivity index (χ3v) is 8.14. The molecule has 206 valence electrons. The zero-order chi connectivity index (χ0) is 29.0. The number of rotatable bonds is 4. The highest BCUT2D eigenvalue weighted by molar-refractivity contribution is 6.08. The first-order chi connectivity index (χ1) is 21.8. The number of nitrogens with zero attached hydrogens (tertiary/aromatic N) is 3. The fourth-order valence-corrected chi connectivity index (χ4v) is 5.94. The Kier molecular flexibility index (Phi) is 5.43. The van der Waals surface area contributed by atoms with E-state index in [0.29, 0.717) is 17.5 Å². The Morgan fingerprint density at radius 1 is 0.295 bits per heavy atom. The average Bonchev–Trinajstić information content (AvgIpc) is 3.66. The lowest BCUT2D eigenvalue weighted by molar-refractivity contribution is 0.669. The van der Waals surface area contributed by atoms with Crippen LogP contribution in [0.5, 0.6) is 0 Å². The molecule has 0 saturated heterocycles. The first-order valence-electron chi connectivity index (χ1n) is 14.5. The smallest absolute Gasteiger partial charge is 0.164 e. The molecule has 5 nitrogen and oxygen atoms in total. The van der Waals surface area contributed by atoms with Crippen LogP contribution >= 0.6 is 0 Å². The topological polar surface area (TPSA) is 65.0 Å². The molecule has 6 aromatic carbocycles. The molecule has 0 radical (unpaired) electrons. The molecule has 0 bridgehead atoms. The van der Waals surface area contributed by atoms with Gasteiger partial charge in [-0.15, -0.1) is 0 Å². The summed E-state index contributed by atoms with van der Waals surface area (Å²) in [6.07, 6.45) is 0. The molecule has 9 aromatic rings. The molecule has 0 amide bonds. The molecule has 0 atom stereocenters. The normalized spacial score (nSPS) is 11.6. The molecule has 9 rings (SSSR count). The van der Waals surface area contributed by atoms with Crippen molar-refractivity contribution in [2.45, 2.75) is 0 Å². The summed E-state index contributed by atoms with van der Waals surface area (Å²) in [4.78, 5) is 14.6. The predicted molar refractivity (Wildman–Crippen MR) is 176 cm³/mol. The van der Waals surface area contributed by atoms with Crippen LogP contribution in [0.4, 0.5) is 0 Å². The van der Waals surface area contributed by atoms with E-state index in [1.54, 1.807) is 0 Å². The molecular formula is C39H23N3O2. The Balaban J connectivity index is 1.16. The Morgan fingerprint density at radius 3 is 1.43 bits per heavy atom. The molecular weight excluding hydrogens is 542 g/mol. The lowest BCUT2D eigenvalue weighted by atomic mass is 10.0. The van der Waals surface area contributed by atoms with Crippen molar-refractivity contribution in [1.29, 1.82) is 0 Å². The minimum absolute atomic E-state index is 0.617. The Morgan fingerprint density at radius 2 is 0.750 bits per heavy atom. The summed E-state index contributed by atoms with van der Waals surface area (Å²) in [6, 6.07) is 47.0. The van der Waals surface area contributed by atoms with Gasteiger partial charge in [-0.05, 0) is 59.7 Å². The van der Waals surface area contributed by atoms with E-state index in [4.69, 9.17) is 23.8 Å². The minimum atomic E-state index is 0.617. The van der Waals surface area contributed by atoms with Crippen molar-refractivity contribution in [1.82, 2.24) is 15.0 Å². The minimum Gasteiger partial charge on any atom is -0.456 e. The van der Waals surface area contributed by atoms with Crippen LogP contribution in [0.25, 0.3) is 89.2 Å². The SMILES string of the molecule is c1ccc(-c2nc(-c3ccccc3)nc(-c3ccc4oc5cc(-c6ccc7oc8ccccc8c7c6)ccc5c4c3)n2)cc1. The maximum atomic E-state index is 6.36. The maximum absolute atomic E-state index is 6.36.